The summed E-state index contributed by atoms with van der Waals surface area (Å²) in [6.07, 6.45) is 39.8. The fraction of sp³-hybridized carbons (Fsp3) is 0.637. The maximum absolute atomic E-state index is 4.31. The Bertz CT molecular complexity index is 3430. The molecule has 0 aliphatic carbocycles. The van der Waals surface area contributed by atoms with Gasteiger partial charge in [-0.3, -0.25) is 29.9 Å². The van der Waals surface area contributed by atoms with Crippen LogP contribution < -0.4 is 10.6 Å². The summed E-state index contributed by atoms with van der Waals surface area (Å²) in [5, 5.41) is 35.8. The predicted molar refractivity (Wildman–Crippen MR) is 491 cm³/mol. The van der Waals surface area contributed by atoms with Crippen molar-refractivity contribution in [2.45, 2.75) is 332 Å². The van der Waals surface area contributed by atoms with Gasteiger partial charge < -0.3 is 35.1 Å². The average Bonchev–Trinajstić information content (AvgIpc) is 1.92. The second-order valence-corrected chi connectivity index (χ2v) is 42.2. The maximum atomic E-state index is 4.31. The van der Waals surface area contributed by atoms with Crippen molar-refractivity contribution in [3.63, 3.8) is 0 Å². The Kier molecular flexibility index (Phi) is 42.0. The van der Waals surface area contributed by atoms with E-state index in [1.165, 1.54) is 29.0 Å². The van der Waals surface area contributed by atoms with E-state index in [1.807, 2.05) is 77.4 Å². The van der Waals surface area contributed by atoms with Crippen molar-refractivity contribution < 1.29 is 0 Å². The molecule has 0 aromatic carbocycles. The summed E-state index contributed by atoms with van der Waals surface area (Å²) in [7, 11) is 0. The van der Waals surface area contributed by atoms with Crippen LogP contribution in [0.5, 0.6) is 0 Å². The maximum Gasteiger partial charge on any atom is 0.137 e. The molecule has 0 spiro atoms. The summed E-state index contributed by atoms with van der Waals surface area (Å²) >= 11 is 0. The molecule has 26 heteroatoms. The highest BCUT2D eigenvalue weighted by Gasteiger charge is 2.26. The summed E-state index contributed by atoms with van der Waals surface area (Å²) in [6.45, 7) is 87.5. The zero-order chi connectivity index (χ0) is 89.8. The van der Waals surface area contributed by atoms with Gasteiger partial charge in [0.15, 0.2) is 0 Å². The third-order valence-electron chi connectivity index (χ3n) is 17.0. The lowest BCUT2D eigenvalue weighted by Crippen LogP contribution is -2.37. The zero-order valence-electron chi connectivity index (χ0n) is 80.0. The number of aromatic amines is 6. The fourth-order valence-corrected chi connectivity index (χ4v) is 9.31. The van der Waals surface area contributed by atoms with Crippen molar-refractivity contribution in [3.05, 3.63) is 182 Å². The molecule has 0 bridgehead atoms. The highest BCUT2D eigenvalue weighted by Crippen LogP contribution is 2.30. The molecule has 0 fully saturated rings. The van der Waals surface area contributed by atoms with Crippen LogP contribution in [0.25, 0.3) is 0 Å². The van der Waals surface area contributed by atoms with Crippen molar-refractivity contribution in [1.29, 1.82) is 0 Å². The molecule has 9 aromatic heterocycles. The van der Waals surface area contributed by atoms with Crippen LogP contribution in [0.3, 0.4) is 0 Å². The van der Waals surface area contributed by atoms with Crippen molar-refractivity contribution >= 4 is 18.4 Å². The second kappa shape index (κ2) is 46.6. The number of aliphatic imine (C=N–C) groups is 3. The van der Waals surface area contributed by atoms with E-state index in [9.17, 15) is 0 Å². The monoisotopic (exact) mass is 1620 g/mol. The number of hydrogen-bond donors (Lipinski definition) is 8. The molecular weight excluding hydrogens is 1460 g/mol. The van der Waals surface area contributed by atoms with E-state index >= 15 is 0 Å². The van der Waals surface area contributed by atoms with E-state index in [0.29, 0.717) is 16.9 Å². The number of amidine groups is 1. The molecule has 26 nitrogen and oxygen atoms in total. The minimum Gasteiger partial charge on any atom is -0.372 e. The zero-order valence-corrected chi connectivity index (χ0v) is 80.0. The van der Waals surface area contributed by atoms with Gasteiger partial charge in [0, 0.05) is 159 Å². The van der Waals surface area contributed by atoms with Crippen LogP contribution in [0.4, 0.5) is 0 Å². The van der Waals surface area contributed by atoms with E-state index in [4.69, 9.17) is 0 Å². The first kappa shape index (κ1) is 106. The standard InChI is InChI=1S/2C8H13N.C7H14N2.2C7H12N2.C7H14N2.5C7H12N2.2C6H11N3/c1-8(2,3)7-4-5-9-6-7;1-8(2,3)7-5-4-6-9-7;2*1-7(2,3)6-4-8-5-9-6;1-7(2,3)9-5-4-8-6-9;3*1-7(2,3)6-8-4-5-9-6;1-7(2,3)9-6-4-5-8-9;2*1-7(2,3)6-4-5-8-9-6;1-6(2,3)9-5-7-4-8-9;1-6(2,3)5-7-4-8-9-5/h4-6,9H,1-3H3;5-6H,4H2,1-3H3;5-6H,4H2,1-3H3,(H,8,9);4-5H,1-3H3,(H,8,9);4-6H,1-3H3;4-5H2,1-3H3,(H,8,9);2*4-5H,1-3H3,(H,8,9);4-6H,1-3H3;4H,5H2,1-3H3;4-5H,1-3H3,(H,8,9);4-5H,1-3H3;4H,1-3H3,(H,7,8,9). The summed E-state index contributed by atoms with van der Waals surface area (Å²) in [4.78, 5) is 48.9. The minimum atomic E-state index is 0.0660. The van der Waals surface area contributed by atoms with E-state index < -0.39 is 0 Å². The first-order chi connectivity index (χ1) is 53.4. The van der Waals surface area contributed by atoms with Gasteiger partial charge in [0.05, 0.1) is 61.4 Å². The molecule has 654 valence electrons. The first-order valence-corrected chi connectivity index (χ1v) is 41.0. The molecule has 4 aliphatic rings. The molecule has 0 amide bonds. The van der Waals surface area contributed by atoms with Gasteiger partial charge in [-0.15, -0.1) is 0 Å². The van der Waals surface area contributed by atoms with Gasteiger partial charge in [0.2, 0.25) is 0 Å². The highest BCUT2D eigenvalue weighted by atomic mass is 15.3. The number of azo groups is 1. The number of allylic oxidation sites excluding steroid dienone is 3. The molecular formula is C91H160N26. The van der Waals surface area contributed by atoms with Crippen LogP contribution >= 0.6 is 0 Å². The Morgan fingerprint density at radius 2 is 1.03 bits per heavy atom. The number of rotatable bonds is 0. The van der Waals surface area contributed by atoms with Crippen LogP contribution in [0.1, 0.15) is 311 Å². The van der Waals surface area contributed by atoms with E-state index in [0.717, 1.165) is 61.6 Å². The van der Waals surface area contributed by atoms with E-state index in [-0.39, 0.29) is 59.9 Å². The van der Waals surface area contributed by atoms with Gasteiger partial charge in [-0.1, -0.05) is 214 Å². The number of H-pyrrole nitrogens is 6. The minimum absolute atomic E-state index is 0.0660. The van der Waals surface area contributed by atoms with Gasteiger partial charge in [0.1, 0.15) is 42.3 Å². The Balaban J connectivity index is 0.000000634. The smallest absolute Gasteiger partial charge is 0.137 e. The van der Waals surface area contributed by atoms with Crippen LogP contribution in [0.2, 0.25) is 0 Å². The van der Waals surface area contributed by atoms with Crippen LogP contribution in [0.15, 0.2) is 173 Å². The largest absolute Gasteiger partial charge is 0.372 e. The molecule has 0 radical (unpaired) electrons. The molecule has 9 aromatic rings. The van der Waals surface area contributed by atoms with Gasteiger partial charge in [-0.2, -0.15) is 30.6 Å². The van der Waals surface area contributed by atoms with Crippen molar-refractivity contribution in [3.8, 4) is 0 Å². The van der Waals surface area contributed by atoms with Crippen molar-refractivity contribution in [2.24, 2.45) is 46.9 Å². The molecule has 13 heterocycles. The third kappa shape index (κ3) is 45.7. The number of aromatic nitrogens is 19. The van der Waals surface area contributed by atoms with Crippen LogP contribution in [-0.4, -0.2) is 145 Å². The second-order valence-electron chi connectivity index (χ2n) is 42.2. The van der Waals surface area contributed by atoms with Gasteiger partial charge in [0.25, 0.3) is 0 Å². The van der Waals surface area contributed by atoms with E-state index in [2.05, 4.69) is 409 Å². The summed E-state index contributed by atoms with van der Waals surface area (Å²) < 4.78 is 5.84. The summed E-state index contributed by atoms with van der Waals surface area (Å²) in [5.41, 5.74) is 8.53. The van der Waals surface area contributed by atoms with Crippen LogP contribution in [-0.2, 0) is 49.1 Å². The van der Waals surface area contributed by atoms with Crippen molar-refractivity contribution in [1.82, 2.24) is 105 Å². The molecule has 1 atom stereocenters. The quantitative estimate of drug-likeness (QED) is 0.0703. The van der Waals surface area contributed by atoms with Crippen molar-refractivity contribution in [2.75, 3.05) is 26.2 Å². The lowest BCUT2D eigenvalue weighted by Gasteiger charge is -2.25. The lowest BCUT2D eigenvalue weighted by molar-refractivity contribution is 0.315. The molecule has 13 rings (SSSR count). The lowest BCUT2D eigenvalue weighted by atomic mass is 9.87. The Morgan fingerprint density at radius 3 is 1.24 bits per heavy atom. The van der Waals surface area contributed by atoms with E-state index in [1.54, 1.807) is 56.3 Å². The van der Waals surface area contributed by atoms with Crippen LogP contribution in [0, 0.1) is 21.7 Å². The fourth-order valence-electron chi connectivity index (χ4n) is 9.31. The normalized spacial score (nSPS) is 14.6. The molecule has 0 saturated heterocycles. The Hall–Kier alpha value is -9.49. The molecule has 117 heavy (non-hydrogen) atoms. The molecule has 0 saturated carbocycles. The molecule has 4 aliphatic heterocycles. The Morgan fingerprint density at radius 1 is 0.453 bits per heavy atom. The summed E-state index contributed by atoms with van der Waals surface area (Å²) in [5.74, 6) is 4.18. The number of imidazole rings is 4. The first-order valence-electron chi connectivity index (χ1n) is 41.0. The third-order valence-corrected chi connectivity index (χ3v) is 17.0. The average molecular weight is 1620 g/mol. The van der Waals surface area contributed by atoms with Gasteiger partial charge >= 0.3 is 0 Å². The molecule has 8 N–H and O–H groups in total. The topological polar surface area (TPSA) is 324 Å². The SMILES string of the molecule is CC(C)(C)C1=CCC=N1.CC(C)(C)C1=CCN=N1.CC(C)(C)C1=NCCN1.CC(C)(C)C1CN=CN1.CC(C)(C)c1cc[nH]c1.CC(C)(C)c1ccn[nH]1.CC(C)(C)c1cnc[nH]1.CC(C)(C)c1ncc[nH]1.CC(C)(C)c1ncc[nH]1.CC(C)(C)c1ncn[nH]1.CC(C)(C)n1cccn1.CC(C)(C)n1ccnc1.CC(C)(C)n1cncn1. The van der Waals surface area contributed by atoms with Gasteiger partial charge in [-0.05, 0) is 103 Å². The Labute approximate surface area is 706 Å². The predicted octanol–water partition coefficient (Wildman–Crippen LogP) is 21.4. The number of nitrogens with zero attached hydrogens (tertiary/aromatic N) is 18. The number of hydrogen-bond acceptors (Lipinski definition) is 17. The summed E-state index contributed by atoms with van der Waals surface area (Å²) in [6, 6.07) is 6.59. The highest BCUT2D eigenvalue weighted by molar-refractivity contribution is 5.88. The van der Waals surface area contributed by atoms with Gasteiger partial charge in [-0.25, -0.2) is 34.6 Å². The molecule has 1 unspecified atom stereocenters. The number of nitrogens with one attached hydrogen (secondary N) is 8.